The first-order chi connectivity index (χ1) is 13.8. The summed E-state index contributed by atoms with van der Waals surface area (Å²) in [6, 6.07) is 18.1. The van der Waals surface area contributed by atoms with Crippen molar-refractivity contribution in [2.24, 2.45) is 0 Å². The molecule has 0 atom stereocenters. The fourth-order valence-electron chi connectivity index (χ4n) is 3.22. The molecule has 28 heavy (non-hydrogen) atoms. The average Bonchev–Trinajstić information content (AvgIpc) is 3.16. The zero-order chi connectivity index (χ0) is 19.2. The lowest BCUT2D eigenvalue weighted by Gasteiger charge is -2.11. The van der Waals surface area contributed by atoms with Crippen molar-refractivity contribution >= 4 is 22.7 Å². The van der Waals surface area contributed by atoms with Crippen molar-refractivity contribution in [3.05, 3.63) is 78.1 Å². The maximum Gasteiger partial charge on any atom is 0.224 e. The maximum absolute atomic E-state index is 5.39. The van der Waals surface area contributed by atoms with Gasteiger partial charge in [0.1, 0.15) is 11.6 Å². The summed E-state index contributed by atoms with van der Waals surface area (Å²) in [5.41, 5.74) is 3.53. The van der Waals surface area contributed by atoms with Crippen LogP contribution in [0.15, 0.2) is 67.0 Å². The number of hydrogen-bond acceptors (Lipinski definition) is 5. The van der Waals surface area contributed by atoms with Gasteiger partial charge in [-0.3, -0.25) is 0 Å². The second-order valence-electron chi connectivity index (χ2n) is 6.47. The summed E-state index contributed by atoms with van der Waals surface area (Å²) in [5.74, 6) is 2.25. The highest BCUT2D eigenvalue weighted by Crippen LogP contribution is 2.19. The first kappa shape index (κ1) is 17.9. The van der Waals surface area contributed by atoms with E-state index in [0.717, 1.165) is 35.6 Å². The minimum Gasteiger partial charge on any atom is -0.496 e. The summed E-state index contributed by atoms with van der Waals surface area (Å²) in [5, 5.41) is 7.90. The van der Waals surface area contributed by atoms with Gasteiger partial charge in [-0.1, -0.05) is 36.4 Å². The molecule has 0 fully saturated rings. The molecule has 0 saturated carbocycles. The van der Waals surface area contributed by atoms with Crippen LogP contribution in [0, 0.1) is 0 Å². The number of fused-ring (bicyclic) bond motifs is 1. The van der Waals surface area contributed by atoms with Crippen LogP contribution in [-0.2, 0) is 13.0 Å². The smallest absolute Gasteiger partial charge is 0.224 e. The molecule has 6 heteroatoms. The number of hydrogen-bond donors (Lipinski definition) is 3. The number of benzene rings is 2. The van der Waals surface area contributed by atoms with Gasteiger partial charge < -0.3 is 20.4 Å². The standard InChI is InChI=1S/C22H23N5O/c1-28-20-9-5-2-6-17(20)15-26-21-11-13-24-22(27-21)23-12-10-16-14-25-19-8-4-3-7-18(16)19/h2-9,11,13-14,25H,10,12,15H2,1H3,(H2,23,24,26,27). The van der Waals surface area contributed by atoms with Crippen molar-refractivity contribution < 1.29 is 4.74 Å². The number of para-hydroxylation sites is 2. The third kappa shape index (κ3) is 4.06. The van der Waals surface area contributed by atoms with Crippen molar-refractivity contribution in [1.82, 2.24) is 15.0 Å². The molecular weight excluding hydrogens is 350 g/mol. The molecule has 142 valence electrons. The predicted molar refractivity (Wildman–Crippen MR) is 113 cm³/mol. The number of methoxy groups -OCH3 is 1. The van der Waals surface area contributed by atoms with Crippen LogP contribution in [0.2, 0.25) is 0 Å². The van der Waals surface area contributed by atoms with E-state index in [2.05, 4.69) is 50.0 Å². The monoisotopic (exact) mass is 373 g/mol. The minimum absolute atomic E-state index is 0.616. The molecule has 0 aliphatic carbocycles. The highest BCUT2D eigenvalue weighted by Gasteiger charge is 2.05. The number of nitrogens with zero attached hydrogens (tertiary/aromatic N) is 2. The lowest BCUT2D eigenvalue weighted by molar-refractivity contribution is 0.410. The average molecular weight is 373 g/mol. The van der Waals surface area contributed by atoms with Crippen molar-refractivity contribution in [1.29, 1.82) is 0 Å². The van der Waals surface area contributed by atoms with Gasteiger partial charge in [-0.15, -0.1) is 0 Å². The lowest BCUT2D eigenvalue weighted by atomic mass is 10.1. The summed E-state index contributed by atoms with van der Waals surface area (Å²) in [6.45, 7) is 1.40. The fraction of sp³-hybridized carbons (Fsp3) is 0.182. The molecule has 0 unspecified atom stereocenters. The molecule has 0 bridgehead atoms. The van der Waals surface area contributed by atoms with Gasteiger partial charge in [-0.25, -0.2) is 4.98 Å². The molecule has 0 radical (unpaired) electrons. The van der Waals surface area contributed by atoms with Crippen LogP contribution in [0.5, 0.6) is 5.75 Å². The van der Waals surface area contributed by atoms with E-state index < -0.39 is 0 Å². The van der Waals surface area contributed by atoms with E-state index >= 15 is 0 Å². The first-order valence-corrected chi connectivity index (χ1v) is 9.31. The van der Waals surface area contributed by atoms with E-state index in [9.17, 15) is 0 Å². The quantitative estimate of drug-likeness (QED) is 0.431. The Morgan fingerprint density at radius 3 is 2.75 bits per heavy atom. The molecule has 4 rings (SSSR count). The lowest BCUT2D eigenvalue weighted by Crippen LogP contribution is -2.09. The Kier molecular flexibility index (Phi) is 5.38. The second kappa shape index (κ2) is 8.43. The predicted octanol–water partition coefficient (Wildman–Crippen LogP) is 4.23. The van der Waals surface area contributed by atoms with Gasteiger partial charge in [-0.2, -0.15) is 4.98 Å². The molecule has 2 aromatic carbocycles. The summed E-state index contributed by atoms with van der Waals surface area (Å²) in [7, 11) is 1.68. The van der Waals surface area contributed by atoms with E-state index in [1.54, 1.807) is 13.3 Å². The molecule has 0 amide bonds. The van der Waals surface area contributed by atoms with E-state index in [0.29, 0.717) is 12.5 Å². The van der Waals surface area contributed by atoms with Crippen LogP contribution in [-0.4, -0.2) is 28.6 Å². The molecule has 0 aliphatic heterocycles. The Hall–Kier alpha value is -3.54. The molecule has 0 saturated heterocycles. The normalized spacial score (nSPS) is 10.8. The SMILES string of the molecule is COc1ccccc1CNc1ccnc(NCCc2c[nH]c3ccccc23)n1. The van der Waals surface area contributed by atoms with Gasteiger partial charge in [0.15, 0.2) is 0 Å². The van der Waals surface area contributed by atoms with Crippen molar-refractivity contribution in [3.63, 3.8) is 0 Å². The number of anilines is 2. The van der Waals surface area contributed by atoms with Gasteiger partial charge in [0.05, 0.1) is 7.11 Å². The van der Waals surface area contributed by atoms with Crippen LogP contribution in [0.1, 0.15) is 11.1 Å². The van der Waals surface area contributed by atoms with Crippen molar-refractivity contribution in [2.45, 2.75) is 13.0 Å². The molecule has 0 spiro atoms. The number of ether oxygens (including phenoxy) is 1. The molecule has 3 N–H and O–H groups in total. The molecule has 2 heterocycles. The summed E-state index contributed by atoms with van der Waals surface area (Å²) >= 11 is 0. The van der Waals surface area contributed by atoms with Crippen LogP contribution >= 0.6 is 0 Å². The highest BCUT2D eigenvalue weighted by atomic mass is 16.5. The molecule has 6 nitrogen and oxygen atoms in total. The topological polar surface area (TPSA) is 74.9 Å². The van der Waals surface area contributed by atoms with Crippen LogP contribution < -0.4 is 15.4 Å². The van der Waals surface area contributed by atoms with Gasteiger partial charge in [0, 0.05) is 41.9 Å². The van der Waals surface area contributed by atoms with Crippen LogP contribution in [0.25, 0.3) is 10.9 Å². The van der Waals surface area contributed by atoms with Gasteiger partial charge in [0.25, 0.3) is 0 Å². The number of nitrogens with one attached hydrogen (secondary N) is 3. The molecular formula is C22H23N5O. The molecule has 0 aliphatic rings. The Balaban J connectivity index is 1.35. The minimum atomic E-state index is 0.616. The largest absolute Gasteiger partial charge is 0.496 e. The van der Waals surface area contributed by atoms with E-state index in [-0.39, 0.29) is 0 Å². The Labute approximate surface area is 164 Å². The van der Waals surface area contributed by atoms with E-state index in [1.165, 1.54) is 10.9 Å². The summed E-state index contributed by atoms with van der Waals surface area (Å²) in [6.07, 6.45) is 4.72. The van der Waals surface area contributed by atoms with Crippen molar-refractivity contribution in [3.8, 4) is 5.75 Å². The maximum atomic E-state index is 5.39. The highest BCUT2D eigenvalue weighted by molar-refractivity contribution is 5.83. The van der Waals surface area contributed by atoms with Gasteiger partial charge >= 0.3 is 0 Å². The van der Waals surface area contributed by atoms with Gasteiger partial charge in [-0.05, 0) is 30.2 Å². The first-order valence-electron chi connectivity index (χ1n) is 9.31. The second-order valence-corrected chi connectivity index (χ2v) is 6.47. The number of aromatic amines is 1. The fourth-order valence-corrected chi connectivity index (χ4v) is 3.22. The number of H-pyrrole nitrogens is 1. The zero-order valence-electron chi connectivity index (χ0n) is 15.8. The molecule has 4 aromatic rings. The molecule has 2 aromatic heterocycles. The van der Waals surface area contributed by atoms with Gasteiger partial charge in [0.2, 0.25) is 5.95 Å². The third-order valence-corrected chi connectivity index (χ3v) is 4.66. The number of rotatable bonds is 8. The van der Waals surface area contributed by atoms with E-state index in [1.807, 2.05) is 36.4 Å². The van der Waals surface area contributed by atoms with E-state index in [4.69, 9.17) is 4.74 Å². The van der Waals surface area contributed by atoms with Crippen molar-refractivity contribution in [2.75, 3.05) is 24.3 Å². The Morgan fingerprint density at radius 1 is 0.964 bits per heavy atom. The Bertz CT molecular complexity index is 1060. The number of aromatic nitrogens is 3. The third-order valence-electron chi connectivity index (χ3n) is 4.66. The summed E-state index contributed by atoms with van der Waals surface area (Å²) < 4.78 is 5.39. The summed E-state index contributed by atoms with van der Waals surface area (Å²) in [4.78, 5) is 12.2. The van der Waals surface area contributed by atoms with Crippen LogP contribution in [0.3, 0.4) is 0 Å². The zero-order valence-corrected chi connectivity index (χ0v) is 15.8. The van der Waals surface area contributed by atoms with Crippen LogP contribution in [0.4, 0.5) is 11.8 Å². The Morgan fingerprint density at radius 2 is 1.82 bits per heavy atom.